The van der Waals surface area contributed by atoms with Crippen LogP contribution in [-0.4, -0.2) is 18.6 Å². The summed E-state index contributed by atoms with van der Waals surface area (Å²) in [5.74, 6) is -0.370. The molecule has 40 valence electrons. The van der Waals surface area contributed by atoms with Crippen molar-refractivity contribution in [3.63, 3.8) is 0 Å². The molecular weight excluding hydrogens is 137 g/mol. The molecule has 0 spiro atoms. The second kappa shape index (κ2) is 3.57. The van der Waals surface area contributed by atoms with Crippen LogP contribution in [0.25, 0.3) is 0 Å². The number of carbonyl (C=O) groups excluding carboxylic acids is 2. The van der Waals surface area contributed by atoms with Gasteiger partial charge < -0.3 is 6.16 Å². The van der Waals surface area contributed by atoms with Crippen molar-refractivity contribution in [2.45, 2.75) is 0 Å². The number of ether oxygens (including phenoxy) is 1. The molecule has 0 aromatic rings. The van der Waals surface area contributed by atoms with Crippen LogP contribution in [0.1, 0.15) is 1.43 Å². The summed E-state index contributed by atoms with van der Waals surface area (Å²) in [7, 11) is 0. The molecule has 0 aliphatic carbocycles. The minimum absolute atomic E-state index is 0. The van der Waals surface area contributed by atoms with E-state index in [9.17, 15) is 9.59 Å². The van der Waals surface area contributed by atoms with Crippen molar-refractivity contribution in [1.82, 2.24) is 5.32 Å². The Labute approximate surface area is 89.9 Å². The van der Waals surface area contributed by atoms with Crippen molar-refractivity contribution < 1.29 is 67.1 Å². The summed E-state index contributed by atoms with van der Waals surface area (Å²) in [6, 6.07) is 0. The number of rotatable bonds is 0. The Morgan fingerprint density at radius 2 is 2.25 bits per heavy atom. The van der Waals surface area contributed by atoms with E-state index < -0.39 is 6.09 Å². The zero-order valence-corrected chi connectivity index (χ0v) is 7.55. The molecule has 0 unspecified atom stereocenters. The van der Waals surface area contributed by atoms with Gasteiger partial charge in [0.15, 0.2) is 6.61 Å². The van der Waals surface area contributed by atoms with E-state index in [0.29, 0.717) is 0 Å². The molecule has 4 nitrogen and oxygen atoms in total. The molecule has 0 saturated carbocycles. The monoisotopic (exact) mass is 141 g/mol. The van der Waals surface area contributed by atoms with Gasteiger partial charge in [-0.25, -0.2) is 4.79 Å². The third kappa shape index (κ3) is 2.23. The molecule has 5 heteroatoms. The summed E-state index contributed by atoms with van der Waals surface area (Å²) in [5, 5.41) is 1.92. The number of imide groups is 1. The first-order chi connectivity index (χ1) is 3.29. The molecule has 0 atom stereocenters. The standard InChI is InChI=1S/C3H3NO3.K.H/c5-2-1-7-3(6)4-2;;/h1H2,(H,4,5,6);;/q;+1;-1. The van der Waals surface area contributed by atoms with Crippen molar-refractivity contribution in [3.05, 3.63) is 0 Å². The normalized spacial score (nSPS) is 16.5. The molecule has 1 fully saturated rings. The zero-order chi connectivity index (χ0) is 5.28. The number of carbonyl (C=O) groups is 2. The molecule has 0 aromatic heterocycles. The Bertz CT molecular complexity index is 114. The Morgan fingerprint density at radius 1 is 1.62 bits per heavy atom. The number of amides is 2. The number of hydrogen-bond acceptors (Lipinski definition) is 3. The van der Waals surface area contributed by atoms with Crippen LogP contribution in [0, 0.1) is 0 Å². The topological polar surface area (TPSA) is 55.4 Å². The minimum Gasteiger partial charge on any atom is -1.00 e. The fourth-order valence-electron chi connectivity index (χ4n) is 0.317. The SMILES string of the molecule is O=C1COC(=O)N1.[H-].[K+]. The summed E-state index contributed by atoms with van der Waals surface area (Å²) in [4.78, 5) is 19.9. The third-order valence-corrected chi connectivity index (χ3v) is 0.576. The zero-order valence-electron chi connectivity index (χ0n) is 5.43. The van der Waals surface area contributed by atoms with Crippen molar-refractivity contribution in [2.24, 2.45) is 0 Å². The van der Waals surface area contributed by atoms with Crippen molar-refractivity contribution in [3.8, 4) is 0 Å². The first-order valence-electron chi connectivity index (χ1n) is 1.75. The van der Waals surface area contributed by atoms with Crippen LogP contribution in [0.3, 0.4) is 0 Å². The van der Waals surface area contributed by atoms with Crippen molar-refractivity contribution in [1.29, 1.82) is 0 Å². The maximum atomic E-state index is 10.00. The Hall–Kier alpha value is 0.576. The Kier molecular flexibility index (Phi) is 3.83. The average molecular weight is 141 g/mol. The van der Waals surface area contributed by atoms with Crippen LogP contribution < -0.4 is 56.7 Å². The van der Waals surface area contributed by atoms with Crippen LogP contribution in [0.5, 0.6) is 0 Å². The predicted octanol–water partition coefficient (Wildman–Crippen LogP) is -3.63. The van der Waals surface area contributed by atoms with Crippen molar-refractivity contribution >= 4 is 12.0 Å². The molecular formula is C3H4KNO3. The maximum Gasteiger partial charge on any atom is 1.00 e. The molecule has 1 N–H and O–H groups in total. The molecule has 1 rings (SSSR count). The number of cyclic esters (lactones) is 1. The fraction of sp³-hybridized carbons (Fsp3) is 0.333. The van der Waals surface area contributed by atoms with E-state index in [-0.39, 0.29) is 65.3 Å². The van der Waals surface area contributed by atoms with Crippen LogP contribution in [-0.2, 0) is 9.53 Å². The van der Waals surface area contributed by atoms with Gasteiger partial charge in [-0.2, -0.15) is 0 Å². The largest absolute Gasteiger partial charge is 1.00 e. The first kappa shape index (κ1) is 8.58. The van der Waals surface area contributed by atoms with E-state index in [1.54, 1.807) is 0 Å². The van der Waals surface area contributed by atoms with Crippen LogP contribution in [0.4, 0.5) is 4.79 Å². The van der Waals surface area contributed by atoms with Gasteiger partial charge in [-0.1, -0.05) is 0 Å². The fourth-order valence-corrected chi connectivity index (χ4v) is 0.317. The second-order valence-electron chi connectivity index (χ2n) is 1.12. The molecule has 0 aromatic carbocycles. The first-order valence-corrected chi connectivity index (χ1v) is 1.75. The smallest absolute Gasteiger partial charge is 1.00 e. The Morgan fingerprint density at radius 3 is 2.38 bits per heavy atom. The minimum atomic E-state index is -0.648. The molecule has 8 heavy (non-hydrogen) atoms. The molecule has 0 radical (unpaired) electrons. The summed E-state index contributed by atoms with van der Waals surface area (Å²) in [6.45, 7) is -0.126. The molecule has 2 amide bonds. The van der Waals surface area contributed by atoms with Crippen LogP contribution >= 0.6 is 0 Å². The van der Waals surface area contributed by atoms with E-state index in [1.807, 2.05) is 5.32 Å². The summed E-state index contributed by atoms with van der Waals surface area (Å²) >= 11 is 0. The second-order valence-corrected chi connectivity index (χ2v) is 1.12. The van der Waals surface area contributed by atoms with Crippen LogP contribution in [0.15, 0.2) is 0 Å². The molecule has 0 bridgehead atoms. The van der Waals surface area contributed by atoms with E-state index in [2.05, 4.69) is 4.74 Å². The molecule has 1 heterocycles. The number of hydrogen-bond donors (Lipinski definition) is 1. The van der Waals surface area contributed by atoms with E-state index in [1.165, 1.54) is 0 Å². The van der Waals surface area contributed by atoms with Gasteiger partial charge in [-0.15, -0.1) is 0 Å². The van der Waals surface area contributed by atoms with Gasteiger partial charge >= 0.3 is 57.5 Å². The van der Waals surface area contributed by atoms with Gasteiger partial charge in [0.2, 0.25) is 0 Å². The van der Waals surface area contributed by atoms with Gasteiger partial charge in [0, 0.05) is 0 Å². The summed E-state index contributed by atoms with van der Waals surface area (Å²) < 4.78 is 4.17. The maximum absolute atomic E-state index is 10.00. The predicted molar refractivity (Wildman–Crippen MR) is 20.6 cm³/mol. The van der Waals surface area contributed by atoms with Crippen LogP contribution in [0.2, 0.25) is 0 Å². The molecule has 1 aliphatic heterocycles. The van der Waals surface area contributed by atoms with Gasteiger partial charge in [-0.3, -0.25) is 10.1 Å². The van der Waals surface area contributed by atoms with E-state index >= 15 is 0 Å². The number of nitrogens with one attached hydrogen (secondary N) is 1. The summed E-state index contributed by atoms with van der Waals surface area (Å²) in [5.41, 5.74) is 0. The molecule has 1 aliphatic rings. The van der Waals surface area contributed by atoms with Gasteiger partial charge in [0.05, 0.1) is 0 Å². The van der Waals surface area contributed by atoms with E-state index in [0.717, 1.165) is 0 Å². The number of alkyl carbamates (subject to hydrolysis) is 1. The molecule has 1 saturated heterocycles. The Balaban J connectivity index is 0. The van der Waals surface area contributed by atoms with Gasteiger partial charge in [-0.05, 0) is 0 Å². The van der Waals surface area contributed by atoms with Gasteiger partial charge in [0.25, 0.3) is 5.91 Å². The third-order valence-electron chi connectivity index (χ3n) is 0.576. The van der Waals surface area contributed by atoms with Crippen molar-refractivity contribution in [2.75, 3.05) is 6.61 Å². The van der Waals surface area contributed by atoms with Gasteiger partial charge in [0.1, 0.15) is 0 Å². The summed E-state index contributed by atoms with van der Waals surface area (Å²) in [6.07, 6.45) is -0.648. The quantitative estimate of drug-likeness (QED) is 0.354. The van der Waals surface area contributed by atoms with E-state index in [4.69, 9.17) is 0 Å². The average Bonchev–Trinajstić information content (AvgIpc) is 1.87.